The van der Waals surface area contributed by atoms with Gasteiger partial charge >= 0.3 is 5.97 Å². The summed E-state index contributed by atoms with van der Waals surface area (Å²) in [5, 5.41) is 5.53. The molecule has 0 aliphatic heterocycles. The van der Waals surface area contributed by atoms with Crippen LogP contribution in [0.4, 0.5) is 5.69 Å². The molecule has 6 heteroatoms. The number of methoxy groups -OCH3 is 1. The first-order valence-corrected chi connectivity index (χ1v) is 7.77. The van der Waals surface area contributed by atoms with Gasteiger partial charge in [0.05, 0.1) is 12.7 Å². The van der Waals surface area contributed by atoms with Gasteiger partial charge < -0.3 is 15.4 Å². The summed E-state index contributed by atoms with van der Waals surface area (Å²) in [7, 11) is 1.31. The molecule has 1 aromatic carbocycles. The molecule has 1 aliphatic rings. The highest BCUT2D eigenvalue weighted by Gasteiger charge is 2.31. The van der Waals surface area contributed by atoms with E-state index in [4.69, 9.17) is 0 Å². The molecule has 6 nitrogen and oxygen atoms in total. The minimum Gasteiger partial charge on any atom is -0.465 e. The van der Waals surface area contributed by atoms with Crippen LogP contribution < -0.4 is 10.6 Å². The van der Waals surface area contributed by atoms with Crippen molar-refractivity contribution >= 4 is 23.5 Å². The molecular formula is C17H22N2O4. The highest BCUT2D eigenvalue weighted by atomic mass is 16.5. The van der Waals surface area contributed by atoms with Crippen LogP contribution in [0.3, 0.4) is 0 Å². The normalized spacial score (nSPS) is 15.7. The number of carbonyl (C=O) groups is 3. The standard InChI is InChI=1S/C17H22N2O4/c1-11(20)18-15(12-6-3-4-7-12)16(21)19-14-9-5-8-13(10-14)17(22)23-2/h5,8-10,12,15H,3-4,6-7H2,1-2H3,(H,18,20)(H,19,21)/t15-/m1/s1. The second kappa shape index (κ2) is 7.76. The molecule has 1 atom stereocenters. The van der Waals surface area contributed by atoms with Gasteiger partial charge in [0.1, 0.15) is 6.04 Å². The average Bonchev–Trinajstić information content (AvgIpc) is 3.06. The molecule has 1 fully saturated rings. The fraction of sp³-hybridized carbons (Fsp3) is 0.471. The third-order valence-corrected chi connectivity index (χ3v) is 4.06. The number of amides is 2. The van der Waals surface area contributed by atoms with Crippen molar-refractivity contribution in [2.24, 2.45) is 5.92 Å². The predicted octanol–water partition coefficient (Wildman–Crippen LogP) is 2.11. The molecular weight excluding hydrogens is 296 g/mol. The molecule has 2 amide bonds. The van der Waals surface area contributed by atoms with Crippen molar-refractivity contribution in [2.45, 2.75) is 38.6 Å². The zero-order valence-corrected chi connectivity index (χ0v) is 13.4. The molecule has 124 valence electrons. The third kappa shape index (κ3) is 4.55. The van der Waals surface area contributed by atoms with E-state index >= 15 is 0 Å². The summed E-state index contributed by atoms with van der Waals surface area (Å²) in [6.07, 6.45) is 4.01. The van der Waals surface area contributed by atoms with E-state index in [9.17, 15) is 14.4 Å². The summed E-state index contributed by atoms with van der Waals surface area (Å²) < 4.78 is 4.67. The molecule has 1 aliphatic carbocycles. The topological polar surface area (TPSA) is 84.5 Å². The fourth-order valence-electron chi connectivity index (χ4n) is 2.97. The molecule has 1 aromatic rings. The van der Waals surface area contributed by atoms with E-state index in [-0.39, 0.29) is 17.7 Å². The Morgan fingerprint density at radius 1 is 1.22 bits per heavy atom. The molecule has 1 saturated carbocycles. The molecule has 0 heterocycles. The van der Waals surface area contributed by atoms with E-state index in [2.05, 4.69) is 15.4 Å². The highest BCUT2D eigenvalue weighted by molar-refractivity contribution is 5.98. The lowest BCUT2D eigenvalue weighted by molar-refractivity contribution is -0.126. The molecule has 0 spiro atoms. The molecule has 0 unspecified atom stereocenters. The van der Waals surface area contributed by atoms with Crippen LogP contribution in [-0.2, 0) is 14.3 Å². The Labute approximate surface area is 135 Å². The van der Waals surface area contributed by atoms with Crippen LogP contribution in [0.15, 0.2) is 24.3 Å². The molecule has 2 rings (SSSR count). The summed E-state index contributed by atoms with van der Waals surface area (Å²) in [4.78, 5) is 35.5. The minimum atomic E-state index is -0.545. The fourth-order valence-corrected chi connectivity index (χ4v) is 2.97. The Balaban J connectivity index is 2.11. The Kier molecular flexibility index (Phi) is 5.73. The SMILES string of the molecule is COC(=O)c1cccc(NC(=O)[C@H](NC(C)=O)C2CCCC2)c1. The number of hydrogen-bond acceptors (Lipinski definition) is 4. The predicted molar refractivity (Wildman–Crippen MR) is 86.0 cm³/mol. The van der Waals surface area contributed by atoms with E-state index in [1.54, 1.807) is 24.3 Å². The lowest BCUT2D eigenvalue weighted by Gasteiger charge is -2.23. The van der Waals surface area contributed by atoms with Crippen molar-refractivity contribution in [3.05, 3.63) is 29.8 Å². The van der Waals surface area contributed by atoms with Gasteiger partial charge in [-0.3, -0.25) is 9.59 Å². The number of anilines is 1. The van der Waals surface area contributed by atoms with Gasteiger partial charge in [0.25, 0.3) is 0 Å². The minimum absolute atomic E-state index is 0.155. The zero-order valence-electron chi connectivity index (χ0n) is 13.4. The first-order valence-electron chi connectivity index (χ1n) is 7.77. The number of benzene rings is 1. The molecule has 2 N–H and O–H groups in total. The number of nitrogens with one attached hydrogen (secondary N) is 2. The van der Waals surface area contributed by atoms with Crippen LogP contribution >= 0.6 is 0 Å². The highest BCUT2D eigenvalue weighted by Crippen LogP contribution is 2.28. The second-order valence-corrected chi connectivity index (χ2v) is 5.78. The van der Waals surface area contributed by atoms with Crippen molar-refractivity contribution in [3.8, 4) is 0 Å². The van der Waals surface area contributed by atoms with E-state index in [0.29, 0.717) is 11.3 Å². The van der Waals surface area contributed by atoms with Gasteiger partial charge in [-0.15, -0.1) is 0 Å². The molecule has 0 bridgehead atoms. The third-order valence-electron chi connectivity index (χ3n) is 4.06. The van der Waals surface area contributed by atoms with E-state index in [0.717, 1.165) is 25.7 Å². The van der Waals surface area contributed by atoms with Crippen molar-refractivity contribution in [3.63, 3.8) is 0 Å². The molecule has 0 saturated heterocycles. The maximum atomic E-state index is 12.5. The average molecular weight is 318 g/mol. The van der Waals surface area contributed by atoms with Crippen LogP contribution in [0.2, 0.25) is 0 Å². The zero-order chi connectivity index (χ0) is 16.8. The van der Waals surface area contributed by atoms with Crippen LogP contribution in [0.5, 0.6) is 0 Å². The number of esters is 1. The number of rotatable bonds is 5. The monoisotopic (exact) mass is 318 g/mol. The number of carbonyl (C=O) groups excluding carboxylic acids is 3. The van der Waals surface area contributed by atoms with E-state index in [1.165, 1.54) is 14.0 Å². The summed E-state index contributed by atoms with van der Waals surface area (Å²) >= 11 is 0. The Morgan fingerprint density at radius 3 is 2.52 bits per heavy atom. The van der Waals surface area contributed by atoms with Crippen molar-refractivity contribution in [1.82, 2.24) is 5.32 Å². The maximum Gasteiger partial charge on any atom is 0.337 e. The summed E-state index contributed by atoms with van der Waals surface area (Å²) in [6, 6.07) is 6.00. The van der Waals surface area contributed by atoms with Gasteiger partial charge in [-0.25, -0.2) is 4.79 Å². The van der Waals surface area contributed by atoms with Crippen molar-refractivity contribution in [2.75, 3.05) is 12.4 Å². The number of ether oxygens (including phenoxy) is 1. The number of hydrogen-bond donors (Lipinski definition) is 2. The Morgan fingerprint density at radius 2 is 1.91 bits per heavy atom. The van der Waals surface area contributed by atoms with E-state index < -0.39 is 12.0 Å². The van der Waals surface area contributed by atoms with Crippen LogP contribution in [0, 0.1) is 5.92 Å². The first-order chi connectivity index (χ1) is 11.0. The lowest BCUT2D eigenvalue weighted by atomic mass is 9.97. The molecule has 23 heavy (non-hydrogen) atoms. The largest absolute Gasteiger partial charge is 0.465 e. The van der Waals surface area contributed by atoms with Gasteiger partial charge in [0, 0.05) is 12.6 Å². The smallest absolute Gasteiger partial charge is 0.337 e. The van der Waals surface area contributed by atoms with Crippen molar-refractivity contribution < 1.29 is 19.1 Å². The lowest BCUT2D eigenvalue weighted by Crippen LogP contribution is -2.47. The Bertz CT molecular complexity index is 594. The van der Waals surface area contributed by atoms with Gasteiger partial charge in [-0.05, 0) is 37.0 Å². The summed E-state index contributed by atoms with van der Waals surface area (Å²) in [6.45, 7) is 1.41. The van der Waals surface area contributed by atoms with Crippen LogP contribution in [0.25, 0.3) is 0 Å². The van der Waals surface area contributed by atoms with Gasteiger partial charge in [-0.2, -0.15) is 0 Å². The van der Waals surface area contributed by atoms with Gasteiger partial charge in [0.15, 0.2) is 0 Å². The van der Waals surface area contributed by atoms with Crippen LogP contribution in [0.1, 0.15) is 43.0 Å². The van der Waals surface area contributed by atoms with Crippen molar-refractivity contribution in [1.29, 1.82) is 0 Å². The summed E-state index contributed by atoms with van der Waals surface area (Å²) in [5.74, 6) is -0.785. The quantitative estimate of drug-likeness (QED) is 0.814. The Hall–Kier alpha value is -2.37. The van der Waals surface area contributed by atoms with Crippen LogP contribution in [-0.4, -0.2) is 30.9 Å². The van der Waals surface area contributed by atoms with Gasteiger partial charge in [-0.1, -0.05) is 18.9 Å². The first kappa shape index (κ1) is 17.0. The second-order valence-electron chi connectivity index (χ2n) is 5.78. The summed E-state index contributed by atoms with van der Waals surface area (Å²) in [5.41, 5.74) is 0.869. The van der Waals surface area contributed by atoms with Gasteiger partial charge in [0.2, 0.25) is 11.8 Å². The maximum absolute atomic E-state index is 12.5. The van der Waals surface area contributed by atoms with E-state index in [1.807, 2.05) is 0 Å². The molecule has 0 aromatic heterocycles. The molecule has 0 radical (unpaired) electrons.